The van der Waals surface area contributed by atoms with Gasteiger partial charge in [0.15, 0.2) is 0 Å². The van der Waals surface area contributed by atoms with Gasteiger partial charge in [0.2, 0.25) is 0 Å². The van der Waals surface area contributed by atoms with Crippen molar-refractivity contribution in [1.82, 2.24) is 9.80 Å². The third kappa shape index (κ3) is 2.46. The molecule has 2 heteroatoms. The second-order valence-corrected chi connectivity index (χ2v) is 3.83. The molecule has 0 spiro atoms. The van der Waals surface area contributed by atoms with Crippen molar-refractivity contribution in [2.45, 2.75) is 32.7 Å². The van der Waals surface area contributed by atoms with E-state index in [1.165, 1.54) is 39.0 Å². The van der Waals surface area contributed by atoms with Crippen LogP contribution in [0.3, 0.4) is 0 Å². The highest BCUT2D eigenvalue weighted by molar-refractivity contribution is 4.79. The van der Waals surface area contributed by atoms with Crippen LogP contribution in [-0.2, 0) is 0 Å². The zero-order valence-electron chi connectivity index (χ0n) is 8.71. The molecule has 1 rings (SSSR count). The standard InChI is InChI=1S/C10H22N2/c1-4-6-10-9-11(3)7-8-12(10)5-2/h10H,4-9H2,1-3H3. The zero-order chi connectivity index (χ0) is 8.97. The second-order valence-electron chi connectivity index (χ2n) is 3.83. The molecule has 2 nitrogen and oxygen atoms in total. The first-order chi connectivity index (χ1) is 5.77. The summed E-state index contributed by atoms with van der Waals surface area (Å²) in [6, 6.07) is 0.818. The number of hydrogen-bond acceptors (Lipinski definition) is 2. The third-order valence-corrected chi connectivity index (χ3v) is 2.84. The number of likely N-dealkylation sites (N-methyl/N-ethyl adjacent to an activating group) is 2. The fourth-order valence-electron chi connectivity index (χ4n) is 2.07. The molecule has 0 amide bonds. The van der Waals surface area contributed by atoms with E-state index in [0.29, 0.717) is 0 Å². The maximum absolute atomic E-state index is 2.61. The van der Waals surface area contributed by atoms with Gasteiger partial charge in [-0.1, -0.05) is 20.3 Å². The lowest BCUT2D eigenvalue weighted by Crippen LogP contribution is -2.51. The molecule has 1 heterocycles. The Labute approximate surface area is 76.5 Å². The summed E-state index contributed by atoms with van der Waals surface area (Å²) in [5, 5.41) is 0. The summed E-state index contributed by atoms with van der Waals surface area (Å²) < 4.78 is 0. The van der Waals surface area contributed by atoms with Crippen molar-refractivity contribution in [2.24, 2.45) is 0 Å². The molecule has 0 bridgehead atoms. The lowest BCUT2D eigenvalue weighted by molar-refractivity contribution is 0.0893. The summed E-state index contributed by atoms with van der Waals surface area (Å²) in [5.74, 6) is 0. The van der Waals surface area contributed by atoms with E-state index in [4.69, 9.17) is 0 Å². The Bertz CT molecular complexity index is 125. The predicted molar refractivity (Wildman–Crippen MR) is 53.4 cm³/mol. The minimum atomic E-state index is 0.818. The van der Waals surface area contributed by atoms with Crippen LogP contribution in [0.15, 0.2) is 0 Å². The normalized spacial score (nSPS) is 27.8. The van der Waals surface area contributed by atoms with E-state index in [1.807, 2.05) is 0 Å². The SMILES string of the molecule is CCCC1CN(C)CCN1CC. The molecule has 1 unspecified atom stereocenters. The van der Waals surface area contributed by atoms with Gasteiger partial charge >= 0.3 is 0 Å². The van der Waals surface area contributed by atoms with E-state index in [-0.39, 0.29) is 0 Å². The van der Waals surface area contributed by atoms with Crippen LogP contribution in [0.2, 0.25) is 0 Å². The minimum Gasteiger partial charge on any atom is -0.304 e. The van der Waals surface area contributed by atoms with E-state index >= 15 is 0 Å². The summed E-state index contributed by atoms with van der Waals surface area (Å²) in [6.45, 7) is 9.54. The fraction of sp³-hybridized carbons (Fsp3) is 1.00. The molecule has 0 N–H and O–H groups in total. The number of piperazine rings is 1. The Morgan fingerprint density at radius 3 is 2.58 bits per heavy atom. The van der Waals surface area contributed by atoms with Crippen LogP contribution in [0, 0.1) is 0 Å². The van der Waals surface area contributed by atoms with Crippen LogP contribution in [-0.4, -0.2) is 49.1 Å². The van der Waals surface area contributed by atoms with E-state index in [0.717, 1.165) is 6.04 Å². The Morgan fingerprint density at radius 2 is 2.00 bits per heavy atom. The van der Waals surface area contributed by atoms with Gasteiger partial charge in [-0.15, -0.1) is 0 Å². The summed E-state index contributed by atoms with van der Waals surface area (Å²) in [4.78, 5) is 5.07. The van der Waals surface area contributed by atoms with Gasteiger partial charge < -0.3 is 4.90 Å². The summed E-state index contributed by atoms with van der Waals surface area (Å²) in [6.07, 6.45) is 2.67. The highest BCUT2D eigenvalue weighted by Gasteiger charge is 2.22. The van der Waals surface area contributed by atoms with Gasteiger partial charge in [0, 0.05) is 25.7 Å². The van der Waals surface area contributed by atoms with Crippen molar-refractivity contribution in [3.63, 3.8) is 0 Å². The lowest BCUT2D eigenvalue weighted by Gasteiger charge is -2.39. The second kappa shape index (κ2) is 4.83. The Hall–Kier alpha value is -0.0800. The van der Waals surface area contributed by atoms with Gasteiger partial charge in [-0.25, -0.2) is 0 Å². The molecular formula is C10H22N2. The van der Waals surface area contributed by atoms with Crippen molar-refractivity contribution in [2.75, 3.05) is 33.2 Å². The number of rotatable bonds is 3. The molecule has 0 aromatic rings. The van der Waals surface area contributed by atoms with Crippen LogP contribution in [0.5, 0.6) is 0 Å². The molecule has 0 aliphatic carbocycles. The molecule has 0 aromatic carbocycles. The molecule has 0 aromatic heterocycles. The Balaban J connectivity index is 2.40. The first-order valence-corrected chi connectivity index (χ1v) is 5.20. The largest absolute Gasteiger partial charge is 0.304 e. The van der Waals surface area contributed by atoms with Crippen LogP contribution in [0.25, 0.3) is 0 Å². The molecular weight excluding hydrogens is 148 g/mol. The van der Waals surface area contributed by atoms with Crippen molar-refractivity contribution < 1.29 is 0 Å². The Morgan fingerprint density at radius 1 is 1.25 bits per heavy atom. The van der Waals surface area contributed by atoms with Crippen LogP contribution in [0.1, 0.15) is 26.7 Å². The zero-order valence-corrected chi connectivity index (χ0v) is 8.71. The molecule has 1 fully saturated rings. The van der Waals surface area contributed by atoms with Crippen molar-refractivity contribution in [3.05, 3.63) is 0 Å². The monoisotopic (exact) mass is 170 g/mol. The van der Waals surface area contributed by atoms with Gasteiger partial charge in [0.1, 0.15) is 0 Å². The van der Waals surface area contributed by atoms with E-state index < -0.39 is 0 Å². The minimum absolute atomic E-state index is 0.818. The van der Waals surface area contributed by atoms with Crippen molar-refractivity contribution in [1.29, 1.82) is 0 Å². The van der Waals surface area contributed by atoms with Crippen LogP contribution in [0.4, 0.5) is 0 Å². The van der Waals surface area contributed by atoms with Crippen molar-refractivity contribution in [3.8, 4) is 0 Å². The smallest absolute Gasteiger partial charge is 0.0223 e. The molecule has 0 saturated carbocycles. The molecule has 1 saturated heterocycles. The summed E-state index contributed by atoms with van der Waals surface area (Å²) >= 11 is 0. The van der Waals surface area contributed by atoms with Gasteiger partial charge in [0.25, 0.3) is 0 Å². The average molecular weight is 170 g/mol. The van der Waals surface area contributed by atoms with Gasteiger partial charge in [-0.2, -0.15) is 0 Å². The molecule has 12 heavy (non-hydrogen) atoms. The highest BCUT2D eigenvalue weighted by atomic mass is 15.3. The first kappa shape index (κ1) is 10.0. The number of nitrogens with zero attached hydrogens (tertiary/aromatic N) is 2. The topological polar surface area (TPSA) is 6.48 Å². The van der Waals surface area contributed by atoms with Crippen LogP contribution < -0.4 is 0 Å². The average Bonchev–Trinajstić information content (AvgIpc) is 2.05. The number of hydrogen-bond donors (Lipinski definition) is 0. The van der Waals surface area contributed by atoms with Gasteiger partial charge in [0.05, 0.1) is 0 Å². The van der Waals surface area contributed by atoms with E-state index in [2.05, 4.69) is 30.7 Å². The fourth-order valence-corrected chi connectivity index (χ4v) is 2.07. The molecule has 1 atom stereocenters. The van der Waals surface area contributed by atoms with Gasteiger partial charge in [-0.05, 0) is 20.0 Å². The molecule has 0 radical (unpaired) electrons. The third-order valence-electron chi connectivity index (χ3n) is 2.84. The maximum atomic E-state index is 2.61. The maximum Gasteiger partial charge on any atom is 0.0223 e. The predicted octanol–water partition coefficient (Wildman–Crippen LogP) is 1.42. The highest BCUT2D eigenvalue weighted by Crippen LogP contribution is 2.12. The Kier molecular flexibility index (Phi) is 4.02. The molecule has 1 aliphatic rings. The molecule has 1 aliphatic heterocycles. The lowest BCUT2D eigenvalue weighted by atomic mass is 10.1. The van der Waals surface area contributed by atoms with Crippen LogP contribution >= 0.6 is 0 Å². The van der Waals surface area contributed by atoms with Gasteiger partial charge in [-0.3, -0.25) is 4.90 Å². The first-order valence-electron chi connectivity index (χ1n) is 5.20. The van der Waals surface area contributed by atoms with E-state index in [1.54, 1.807) is 0 Å². The quantitative estimate of drug-likeness (QED) is 0.632. The summed E-state index contributed by atoms with van der Waals surface area (Å²) in [7, 11) is 2.23. The van der Waals surface area contributed by atoms with Crippen molar-refractivity contribution >= 4 is 0 Å². The van der Waals surface area contributed by atoms with E-state index in [9.17, 15) is 0 Å². The molecule has 72 valence electrons. The summed E-state index contributed by atoms with van der Waals surface area (Å²) in [5.41, 5.74) is 0.